The van der Waals surface area contributed by atoms with Crippen LogP contribution in [0.3, 0.4) is 0 Å². The van der Waals surface area contributed by atoms with Gasteiger partial charge in [0.15, 0.2) is 23.3 Å². The Bertz CT molecular complexity index is 563. The van der Waals surface area contributed by atoms with Crippen LogP contribution in [0.2, 0.25) is 0 Å². The van der Waals surface area contributed by atoms with Crippen LogP contribution in [-0.2, 0) is 4.79 Å². The third-order valence-electron chi connectivity index (χ3n) is 2.81. The lowest BCUT2D eigenvalue weighted by Gasteiger charge is -2.12. The molecule has 116 valence electrons. The van der Waals surface area contributed by atoms with Crippen LogP contribution in [0, 0.1) is 29.2 Å². The first-order chi connectivity index (χ1) is 9.73. The summed E-state index contributed by atoms with van der Waals surface area (Å²) < 4.78 is 52.0. The summed E-state index contributed by atoms with van der Waals surface area (Å²) in [6.45, 7) is 1.64. The quantitative estimate of drug-likeness (QED) is 0.482. The summed E-state index contributed by atoms with van der Waals surface area (Å²) in [5.41, 5.74) is -0.947. The van der Waals surface area contributed by atoms with Crippen LogP contribution in [-0.4, -0.2) is 23.5 Å². The van der Waals surface area contributed by atoms with Gasteiger partial charge in [-0.1, -0.05) is 6.92 Å². The van der Waals surface area contributed by atoms with Crippen LogP contribution in [0.1, 0.15) is 30.1 Å². The molecule has 0 saturated carbocycles. The minimum atomic E-state index is -2.06. The lowest BCUT2D eigenvalue weighted by Crippen LogP contribution is -2.29. The van der Waals surface area contributed by atoms with Gasteiger partial charge in [0.1, 0.15) is 0 Å². The summed E-state index contributed by atoms with van der Waals surface area (Å²) >= 11 is 0. The molecule has 21 heavy (non-hydrogen) atoms. The fourth-order valence-electron chi connectivity index (χ4n) is 1.57. The molecule has 0 saturated heterocycles. The first kappa shape index (κ1) is 16.9. The highest BCUT2D eigenvalue weighted by molar-refractivity contribution is 5.94. The average molecular weight is 307 g/mol. The van der Waals surface area contributed by atoms with E-state index < -0.39 is 40.7 Å². The summed E-state index contributed by atoms with van der Waals surface area (Å²) in [7, 11) is 0. The van der Waals surface area contributed by atoms with Crippen LogP contribution < -0.4 is 5.32 Å². The Labute approximate surface area is 117 Å². The number of carbonyl (C=O) groups is 2. The fourth-order valence-corrected chi connectivity index (χ4v) is 1.57. The molecule has 2 N–H and O–H groups in total. The van der Waals surface area contributed by atoms with Crippen molar-refractivity contribution >= 4 is 11.9 Å². The minimum absolute atomic E-state index is 0.00777. The van der Waals surface area contributed by atoms with E-state index in [1.165, 1.54) is 0 Å². The highest BCUT2D eigenvalue weighted by atomic mass is 19.2. The van der Waals surface area contributed by atoms with E-state index >= 15 is 0 Å². The number of rotatable bonds is 6. The Morgan fingerprint density at radius 1 is 1.19 bits per heavy atom. The lowest BCUT2D eigenvalue weighted by molar-refractivity contribution is -0.137. The summed E-state index contributed by atoms with van der Waals surface area (Å²) in [5, 5.41) is 10.7. The van der Waals surface area contributed by atoms with Crippen molar-refractivity contribution in [1.82, 2.24) is 5.32 Å². The molecule has 0 aromatic heterocycles. The second-order valence-corrected chi connectivity index (χ2v) is 4.60. The van der Waals surface area contributed by atoms with Crippen molar-refractivity contribution in [3.8, 4) is 0 Å². The standard InChI is InChI=1S/C13H13F4NO3/c1-6(2-3-9(19)20)5-18-13(21)7-4-8(14)11(16)12(17)10(7)15/h4,6H,2-3,5H2,1H3,(H,18,21)(H,19,20). The van der Waals surface area contributed by atoms with Gasteiger partial charge in [0, 0.05) is 13.0 Å². The number of carbonyl (C=O) groups excluding carboxylic acids is 1. The molecular formula is C13H13F4NO3. The second-order valence-electron chi connectivity index (χ2n) is 4.60. The van der Waals surface area contributed by atoms with E-state index in [0.717, 1.165) is 0 Å². The number of nitrogens with one attached hydrogen (secondary N) is 1. The largest absolute Gasteiger partial charge is 0.481 e. The van der Waals surface area contributed by atoms with E-state index in [-0.39, 0.29) is 31.4 Å². The molecule has 1 unspecified atom stereocenters. The van der Waals surface area contributed by atoms with E-state index in [0.29, 0.717) is 0 Å². The zero-order valence-electron chi connectivity index (χ0n) is 11.1. The third-order valence-corrected chi connectivity index (χ3v) is 2.81. The molecule has 0 bridgehead atoms. The first-order valence-electron chi connectivity index (χ1n) is 6.07. The third kappa shape index (κ3) is 4.44. The van der Waals surface area contributed by atoms with Crippen molar-refractivity contribution in [2.75, 3.05) is 6.54 Å². The van der Waals surface area contributed by atoms with Gasteiger partial charge in [0.2, 0.25) is 0 Å². The van der Waals surface area contributed by atoms with E-state index in [2.05, 4.69) is 5.32 Å². The number of hydrogen-bond donors (Lipinski definition) is 2. The Morgan fingerprint density at radius 3 is 2.38 bits per heavy atom. The van der Waals surface area contributed by atoms with Crippen LogP contribution in [0.15, 0.2) is 6.07 Å². The van der Waals surface area contributed by atoms with Crippen molar-refractivity contribution in [1.29, 1.82) is 0 Å². The first-order valence-corrected chi connectivity index (χ1v) is 6.07. The van der Waals surface area contributed by atoms with Gasteiger partial charge in [-0.3, -0.25) is 9.59 Å². The molecule has 0 aliphatic carbocycles. The summed E-state index contributed by atoms with van der Waals surface area (Å²) in [4.78, 5) is 22.0. The van der Waals surface area contributed by atoms with E-state index in [4.69, 9.17) is 5.11 Å². The van der Waals surface area contributed by atoms with E-state index in [1.807, 2.05) is 0 Å². The predicted molar refractivity (Wildman–Crippen MR) is 64.6 cm³/mol. The molecule has 0 spiro atoms. The second kappa shape index (κ2) is 7.05. The summed E-state index contributed by atoms with van der Waals surface area (Å²) in [5.74, 6) is -9.82. The molecule has 0 aliphatic rings. The molecule has 1 aromatic rings. The number of halogens is 4. The number of aliphatic carboxylic acids is 1. The van der Waals surface area contributed by atoms with Crippen molar-refractivity contribution in [2.24, 2.45) is 5.92 Å². The number of hydrogen-bond acceptors (Lipinski definition) is 2. The maximum absolute atomic E-state index is 13.4. The Kier molecular flexibility index (Phi) is 5.69. The molecule has 1 atom stereocenters. The number of benzene rings is 1. The molecule has 0 fully saturated rings. The van der Waals surface area contributed by atoms with Crippen LogP contribution in [0.4, 0.5) is 17.6 Å². The highest BCUT2D eigenvalue weighted by Gasteiger charge is 2.23. The maximum atomic E-state index is 13.4. The van der Waals surface area contributed by atoms with E-state index in [1.54, 1.807) is 6.92 Å². The van der Waals surface area contributed by atoms with Crippen molar-refractivity contribution < 1.29 is 32.3 Å². The zero-order valence-corrected chi connectivity index (χ0v) is 11.1. The molecule has 1 rings (SSSR count). The molecular weight excluding hydrogens is 294 g/mol. The predicted octanol–water partition coefficient (Wildman–Crippen LogP) is 2.47. The molecule has 1 aromatic carbocycles. The average Bonchev–Trinajstić information content (AvgIpc) is 2.44. The molecule has 8 heteroatoms. The van der Waals surface area contributed by atoms with Gasteiger partial charge in [-0.25, -0.2) is 17.6 Å². The fraction of sp³-hybridized carbons (Fsp3) is 0.385. The maximum Gasteiger partial charge on any atom is 0.303 e. The SMILES string of the molecule is CC(CCC(=O)O)CNC(=O)c1cc(F)c(F)c(F)c1F. The van der Waals surface area contributed by atoms with Gasteiger partial charge in [0.05, 0.1) is 5.56 Å². The van der Waals surface area contributed by atoms with Gasteiger partial charge in [-0.15, -0.1) is 0 Å². The zero-order chi connectivity index (χ0) is 16.2. The Morgan fingerprint density at radius 2 is 1.81 bits per heavy atom. The van der Waals surface area contributed by atoms with Crippen molar-refractivity contribution in [2.45, 2.75) is 19.8 Å². The Hall–Kier alpha value is -2.12. The van der Waals surface area contributed by atoms with Crippen molar-refractivity contribution in [3.05, 3.63) is 34.9 Å². The van der Waals surface area contributed by atoms with Gasteiger partial charge in [-0.05, 0) is 18.4 Å². The smallest absolute Gasteiger partial charge is 0.303 e. The van der Waals surface area contributed by atoms with Crippen LogP contribution in [0.25, 0.3) is 0 Å². The Balaban J connectivity index is 2.71. The lowest BCUT2D eigenvalue weighted by atomic mass is 10.1. The molecule has 1 amide bonds. The van der Waals surface area contributed by atoms with Crippen LogP contribution >= 0.6 is 0 Å². The number of amides is 1. The molecule has 0 radical (unpaired) electrons. The topological polar surface area (TPSA) is 66.4 Å². The number of carboxylic acids is 1. The molecule has 0 aliphatic heterocycles. The summed E-state index contributed by atoms with van der Waals surface area (Å²) in [6, 6.07) is 0.269. The highest BCUT2D eigenvalue weighted by Crippen LogP contribution is 2.18. The summed E-state index contributed by atoms with van der Waals surface area (Å²) in [6.07, 6.45) is 0.162. The normalized spacial score (nSPS) is 12.0. The van der Waals surface area contributed by atoms with Gasteiger partial charge in [-0.2, -0.15) is 0 Å². The monoisotopic (exact) mass is 307 g/mol. The van der Waals surface area contributed by atoms with Gasteiger partial charge in [0.25, 0.3) is 5.91 Å². The van der Waals surface area contributed by atoms with Crippen LogP contribution in [0.5, 0.6) is 0 Å². The van der Waals surface area contributed by atoms with Gasteiger partial charge >= 0.3 is 5.97 Å². The van der Waals surface area contributed by atoms with E-state index in [9.17, 15) is 27.2 Å². The molecule has 4 nitrogen and oxygen atoms in total. The van der Waals surface area contributed by atoms with Crippen molar-refractivity contribution in [3.63, 3.8) is 0 Å². The minimum Gasteiger partial charge on any atom is -0.481 e. The van der Waals surface area contributed by atoms with Gasteiger partial charge < -0.3 is 10.4 Å². The molecule has 0 heterocycles. The number of carboxylic acid groups (broad SMARTS) is 1.